The first-order chi connectivity index (χ1) is 13.2. The Morgan fingerprint density at radius 3 is 2.39 bits per heavy atom. The van der Waals surface area contributed by atoms with Gasteiger partial charge < -0.3 is 4.98 Å². The first-order valence-electron chi connectivity index (χ1n) is 8.44. The third-order valence-electron chi connectivity index (χ3n) is 4.32. The second kappa shape index (κ2) is 7.69. The Morgan fingerprint density at radius 2 is 1.86 bits per heavy atom. The van der Waals surface area contributed by atoms with Crippen molar-refractivity contribution in [3.8, 4) is 0 Å². The number of nitrogens with zero attached hydrogens (tertiary/aromatic N) is 2. The first kappa shape index (κ1) is 20.0. The molecule has 0 atom stereocenters. The summed E-state index contributed by atoms with van der Waals surface area (Å²) in [5.41, 5.74) is 1.79. The van der Waals surface area contributed by atoms with Crippen LogP contribution in [0.1, 0.15) is 39.0 Å². The molecule has 28 heavy (non-hydrogen) atoms. The number of rotatable bonds is 7. The minimum Gasteiger partial charge on any atom is -0.355 e. The average Bonchev–Trinajstić information content (AvgIpc) is 3.28. The van der Waals surface area contributed by atoms with Gasteiger partial charge >= 0.3 is 0 Å². The van der Waals surface area contributed by atoms with Gasteiger partial charge in [0.15, 0.2) is 16.7 Å². The number of anilines is 1. The Morgan fingerprint density at radius 1 is 1.18 bits per heavy atom. The van der Waals surface area contributed by atoms with Crippen LogP contribution in [0.4, 0.5) is 5.13 Å². The number of nitrogens with one attached hydrogen (secondary N) is 1. The van der Waals surface area contributed by atoms with E-state index >= 15 is 0 Å². The molecule has 9 heteroatoms. The summed E-state index contributed by atoms with van der Waals surface area (Å²) in [6.07, 6.45) is 1.48. The molecule has 0 saturated heterocycles. The van der Waals surface area contributed by atoms with E-state index in [-0.39, 0.29) is 21.5 Å². The number of aryl methyl sites for hydroxylation is 1. The van der Waals surface area contributed by atoms with Crippen LogP contribution in [0, 0.1) is 13.8 Å². The third-order valence-corrected chi connectivity index (χ3v) is 6.98. The lowest BCUT2D eigenvalue weighted by Crippen LogP contribution is -2.36. The molecular weight excluding hydrogens is 398 g/mol. The molecule has 0 aliphatic carbocycles. The fraction of sp³-hybridized carbons (Fsp3) is 0.211. The molecule has 0 aliphatic rings. The van der Waals surface area contributed by atoms with E-state index in [2.05, 4.69) is 9.97 Å². The van der Waals surface area contributed by atoms with E-state index in [4.69, 9.17) is 0 Å². The molecule has 0 amide bonds. The Balaban J connectivity index is 2.02. The third kappa shape index (κ3) is 3.63. The van der Waals surface area contributed by atoms with Gasteiger partial charge in [0.2, 0.25) is 0 Å². The summed E-state index contributed by atoms with van der Waals surface area (Å²) in [4.78, 5) is 31.9. The van der Waals surface area contributed by atoms with E-state index in [1.165, 1.54) is 25.3 Å². The van der Waals surface area contributed by atoms with E-state index < -0.39 is 22.4 Å². The molecule has 3 aromatic rings. The van der Waals surface area contributed by atoms with Gasteiger partial charge in [0.25, 0.3) is 10.0 Å². The number of carbonyl (C=O) groups is 2. The lowest BCUT2D eigenvalue weighted by molar-refractivity contribution is 0.0996. The lowest BCUT2D eigenvalue weighted by Gasteiger charge is -2.21. The predicted molar refractivity (Wildman–Crippen MR) is 108 cm³/mol. The quantitative estimate of drug-likeness (QED) is 0.594. The summed E-state index contributed by atoms with van der Waals surface area (Å²) in [5, 5.41) is 1.84. The van der Waals surface area contributed by atoms with Crippen LogP contribution in [0.15, 0.2) is 46.8 Å². The van der Waals surface area contributed by atoms with Gasteiger partial charge in [-0.15, -0.1) is 11.3 Å². The summed E-state index contributed by atoms with van der Waals surface area (Å²) in [5.74, 6) is -0.596. The van der Waals surface area contributed by atoms with Crippen LogP contribution in [0.3, 0.4) is 0 Å². The normalized spacial score (nSPS) is 11.4. The Labute approximate surface area is 167 Å². The summed E-state index contributed by atoms with van der Waals surface area (Å²) in [6, 6.07) is 7.89. The van der Waals surface area contributed by atoms with Crippen LogP contribution in [0.2, 0.25) is 0 Å². The molecule has 0 radical (unpaired) electrons. The molecule has 7 nitrogen and oxygen atoms in total. The Kier molecular flexibility index (Phi) is 5.48. The second-order valence-electron chi connectivity index (χ2n) is 6.24. The molecule has 0 bridgehead atoms. The zero-order chi connectivity index (χ0) is 20.5. The monoisotopic (exact) mass is 417 g/mol. The molecule has 0 aliphatic heterocycles. The number of H-pyrrole nitrogens is 1. The summed E-state index contributed by atoms with van der Waals surface area (Å²) in [7, 11) is -3.98. The van der Waals surface area contributed by atoms with E-state index in [1.54, 1.807) is 37.4 Å². The standard InChI is InChI=1S/C19H19N3O4S2/c1-12-17(14(3)23)13(2)21-18(12)16(24)11-22(19-20-9-10-27-19)28(25,26)15-7-5-4-6-8-15/h4-10,21H,11H2,1-3H3. The SMILES string of the molecule is CC(=O)c1c(C)[nH]c(C(=O)CN(c2nccs2)S(=O)(=O)c2ccccc2)c1C. The van der Waals surface area contributed by atoms with Crippen molar-refractivity contribution in [3.05, 3.63) is 64.4 Å². The van der Waals surface area contributed by atoms with Crippen LogP contribution < -0.4 is 4.31 Å². The minimum atomic E-state index is -3.98. The molecule has 3 rings (SSSR count). The van der Waals surface area contributed by atoms with Crippen LogP contribution in [-0.2, 0) is 10.0 Å². The smallest absolute Gasteiger partial charge is 0.266 e. The topological polar surface area (TPSA) is 100 Å². The van der Waals surface area contributed by atoms with Crippen molar-refractivity contribution in [2.24, 2.45) is 0 Å². The average molecular weight is 418 g/mol. The van der Waals surface area contributed by atoms with Crippen molar-refractivity contribution in [1.29, 1.82) is 0 Å². The number of benzene rings is 1. The molecule has 146 valence electrons. The van der Waals surface area contributed by atoms with Crippen LogP contribution in [-0.4, -0.2) is 36.5 Å². The fourth-order valence-corrected chi connectivity index (χ4v) is 5.35. The molecule has 1 N–H and O–H groups in total. The molecule has 0 fully saturated rings. The highest BCUT2D eigenvalue weighted by Gasteiger charge is 2.30. The van der Waals surface area contributed by atoms with Crippen molar-refractivity contribution in [2.75, 3.05) is 10.8 Å². The van der Waals surface area contributed by atoms with Gasteiger partial charge in [-0.3, -0.25) is 9.59 Å². The summed E-state index contributed by atoms with van der Waals surface area (Å²) < 4.78 is 27.3. The predicted octanol–water partition coefficient (Wildman–Crippen LogP) is 3.37. The number of Topliss-reactive ketones (excluding diaryl/α,β-unsaturated/α-hetero) is 2. The molecule has 1 aromatic carbocycles. The Bertz CT molecular complexity index is 1120. The van der Waals surface area contributed by atoms with Crippen LogP contribution >= 0.6 is 11.3 Å². The van der Waals surface area contributed by atoms with Crippen LogP contribution in [0.25, 0.3) is 0 Å². The minimum absolute atomic E-state index is 0.0711. The number of thiazole rings is 1. The van der Waals surface area contributed by atoms with E-state index in [0.29, 0.717) is 16.8 Å². The highest BCUT2D eigenvalue weighted by atomic mass is 32.2. The van der Waals surface area contributed by atoms with E-state index in [1.807, 2.05) is 0 Å². The number of aromatic nitrogens is 2. The van der Waals surface area contributed by atoms with Gasteiger partial charge in [-0.2, -0.15) is 0 Å². The highest BCUT2D eigenvalue weighted by molar-refractivity contribution is 7.93. The van der Waals surface area contributed by atoms with Crippen molar-refractivity contribution in [3.63, 3.8) is 0 Å². The number of sulfonamides is 1. The van der Waals surface area contributed by atoms with E-state index in [0.717, 1.165) is 15.6 Å². The largest absolute Gasteiger partial charge is 0.355 e. The molecule has 0 saturated carbocycles. The summed E-state index contributed by atoms with van der Waals surface area (Å²) >= 11 is 1.13. The number of hydrogen-bond donors (Lipinski definition) is 1. The molecule has 0 spiro atoms. The number of ketones is 2. The fourth-order valence-electron chi connectivity index (χ4n) is 3.08. The number of hydrogen-bond acceptors (Lipinski definition) is 6. The van der Waals surface area contributed by atoms with Gasteiger partial charge in [-0.25, -0.2) is 17.7 Å². The molecule has 2 aromatic heterocycles. The maximum absolute atomic E-state index is 13.1. The highest BCUT2D eigenvalue weighted by Crippen LogP contribution is 2.27. The summed E-state index contributed by atoms with van der Waals surface area (Å²) in [6.45, 7) is 4.38. The van der Waals surface area contributed by atoms with E-state index in [9.17, 15) is 18.0 Å². The molecular formula is C19H19N3O4S2. The van der Waals surface area contributed by atoms with Gasteiger partial charge in [-0.1, -0.05) is 18.2 Å². The van der Waals surface area contributed by atoms with Gasteiger partial charge in [0, 0.05) is 22.8 Å². The lowest BCUT2D eigenvalue weighted by atomic mass is 10.1. The molecule has 0 unspecified atom stereocenters. The Hall–Kier alpha value is -2.78. The second-order valence-corrected chi connectivity index (χ2v) is 8.98. The van der Waals surface area contributed by atoms with Gasteiger partial charge in [0.05, 0.1) is 10.6 Å². The van der Waals surface area contributed by atoms with Crippen LogP contribution in [0.5, 0.6) is 0 Å². The van der Waals surface area contributed by atoms with Crippen molar-refractivity contribution in [1.82, 2.24) is 9.97 Å². The maximum atomic E-state index is 13.1. The number of carbonyl (C=O) groups excluding carboxylic acids is 2. The van der Waals surface area contributed by atoms with Gasteiger partial charge in [-0.05, 0) is 38.5 Å². The molecule has 2 heterocycles. The zero-order valence-electron chi connectivity index (χ0n) is 15.6. The van der Waals surface area contributed by atoms with Crippen molar-refractivity contribution >= 4 is 38.1 Å². The first-order valence-corrected chi connectivity index (χ1v) is 10.8. The van der Waals surface area contributed by atoms with Crippen molar-refractivity contribution < 1.29 is 18.0 Å². The maximum Gasteiger partial charge on any atom is 0.266 e. The van der Waals surface area contributed by atoms with Gasteiger partial charge in [0.1, 0.15) is 6.54 Å². The zero-order valence-corrected chi connectivity index (χ0v) is 17.2. The number of aromatic amines is 1. The van der Waals surface area contributed by atoms with Crippen molar-refractivity contribution in [2.45, 2.75) is 25.7 Å².